The van der Waals surface area contributed by atoms with E-state index < -0.39 is 0 Å². The Morgan fingerprint density at radius 1 is 1.03 bits per heavy atom. The second kappa shape index (κ2) is 11.7. The summed E-state index contributed by atoms with van der Waals surface area (Å²) in [5.74, 6) is 0.566. The number of carbonyl (C=O) groups excluding carboxylic acids is 2. The van der Waals surface area contributed by atoms with Crippen molar-refractivity contribution in [2.75, 3.05) is 24.2 Å². The van der Waals surface area contributed by atoms with Gasteiger partial charge in [-0.2, -0.15) is 0 Å². The van der Waals surface area contributed by atoms with Crippen LogP contribution >= 0.6 is 23.1 Å². The second-order valence-electron chi connectivity index (χ2n) is 5.91. The number of anilines is 1. The highest BCUT2D eigenvalue weighted by Gasteiger charge is 2.09. The van der Waals surface area contributed by atoms with Crippen molar-refractivity contribution in [3.05, 3.63) is 72.3 Å². The molecule has 30 heavy (non-hydrogen) atoms. The molecule has 2 amide bonds. The van der Waals surface area contributed by atoms with Crippen LogP contribution in [0.15, 0.2) is 71.1 Å². The number of thioether (sulfide) groups is 1. The van der Waals surface area contributed by atoms with Crippen molar-refractivity contribution in [1.29, 1.82) is 0 Å². The van der Waals surface area contributed by atoms with E-state index in [2.05, 4.69) is 20.8 Å². The number of para-hydroxylation sites is 1. The van der Waals surface area contributed by atoms with Gasteiger partial charge in [0.1, 0.15) is 12.4 Å². The van der Waals surface area contributed by atoms with E-state index in [9.17, 15) is 9.59 Å². The van der Waals surface area contributed by atoms with E-state index in [-0.39, 0.29) is 17.6 Å². The Kier molecular flexibility index (Phi) is 8.43. The average Bonchev–Trinajstić information content (AvgIpc) is 3.22. The molecule has 0 fully saturated rings. The van der Waals surface area contributed by atoms with Crippen molar-refractivity contribution in [3.63, 3.8) is 0 Å². The highest BCUT2D eigenvalue weighted by atomic mass is 32.2. The molecule has 0 aliphatic heterocycles. The minimum absolute atomic E-state index is 0.122. The Morgan fingerprint density at radius 2 is 1.77 bits per heavy atom. The number of aromatic nitrogens is 2. The van der Waals surface area contributed by atoms with Gasteiger partial charge < -0.3 is 10.1 Å². The molecule has 0 radical (unpaired) electrons. The Bertz CT molecular complexity index is 978. The standard InChI is InChI=1S/C21H20N4O3S2/c26-18(12-11-16-7-3-1-4-8-16)23-20-24-25-21(30-20)29-15-19(27)22-13-14-28-17-9-5-2-6-10-17/h1-12H,13-15H2,(H,22,27)(H,23,24,26)/b12-11+. The molecule has 0 atom stereocenters. The number of nitrogens with one attached hydrogen (secondary N) is 2. The fourth-order valence-electron chi connectivity index (χ4n) is 2.26. The van der Waals surface area contributed by atoms with Crippen LogP contribution in [-0.4, -0.2) is 40.9 Å². The summed E-state index contributed by atoms with van der Waals surface area (Å²) < 4.78 is 6.12. The summed E-state index contributed by atoms with van der Waals surface area (Å²) in [6.45, 7) is 0.811. The zero-order chi connectivity index (χ0) is 21.0. The summed E-state index contributed by atoms with van der Waals surface area (Å²) >= 11 is 2.48. The molecule has 9 heteroatoms. The first kappa shape index (κ1) is 21.5. The van der Waals surface area contributed by atoms with Crippen molar-refractivity contribution in [3.8, 4) is 5.75 Å². The Hall–Kier alpha value is -3.17. The number of hydrogen-bond acceptors (Lipinski definition) is 7. The number of amides is 2. The van der Waals surface area contributed by atoms with Gasteiger partial charge in [-0.25, -0.2) is 0 Å². The quantitative estimate of drug-likeness (QED) is 0.217. The molecule has 0 bridgehead atoms. The van der Waals surface area contributed by atoms with E-state index in [0.29, 0.717) is 22.6 Å². The van der Waals surface area contributed by atoms with Crippen LogP contribution in [0.1, 0.15) is 5.56 Å². The van der Waals surface area contributed by atoms with Crippen LogP contribution in [0.4, 0.5) is 5.13 Å². The van der Waals surface area contributed by atoms with E-state index in [0.717, 1.165) is 11.3 Å². The number of carbonyl (C=O) groups is 2. The van der Waals surface area contributed by atoms with E-state index in [1.807, 2.05) is 60.7 Å². The summed E-state index contributed by atoms with van der Waals surface area (Å²) in [7, 11) is 0. The van der Waals surface area contributed by atoms with Crippen molar-refractivity contribution in [1.82, 2.24) is 15.5 Å². The van der Waals surface area contributed by atoms with Gasteiger partial charge in [0.25, 0.3) is 0 Å². The largest absolute Gasteiger partial charge is 0.492 e. The third kappa shape index (κ3) is 7.69. The first-order chi connectivity index (χ1) is 14.7. The zero-order valence-corrected chi connectivity index (χ0v) is 17.6. The third-order valence-corrected chi connectivity index (χ3v) is 5.60. The van der Waals surface area contributed by atoms with Gasteiger partial charge in [-0.05, 0) is 23.8 Å². The van der Waals surface area contributed by atoms with Gasteiger partial charge in [0, 0.05) is 6.08 Å². The van der Waals surface area contributed by atoms with Gasteiger partial charge >= 0.3 is 0 Å². The monoisotopic (exact) mass is 440 g/mol. The predicted octanol–water partition coefficient (Wildman–Crippen LogP) is 3.48. The molecule has 7 nitrogen and oxygen atoms in total. The summed E-state index contributed by atoms with van der Waals surface area (Å²) in [4.78, 5) is 23.9. The van der Waals surface area contributed by atoms with Crippen LogP contribution in [0, 0.1) is 0 Å². The van der Waals surface area contributed by atoms with Crippen molar-refractivity contribution in [2.24, 2.45) is 0 Å². The van der Waals surface area contributed by atoms with Crippen molar-refractivity contribution < 1.29 is 14.3 Å². The lowest BCUT2D eigenvalue weighted by molar-refractivity contribution is -0.118. The van der Waals surface area contributed by atoms with E-state index in [1.54, 1.807) is 6.08 Å². The molecule has 2 N–H and O–H groups in total. The van der Waals surface area contributed by atoms with Crippen LogP contribution < -0.4 is 15.4 Å². The average molecular weight is 441 g/mol. The van der Waals surface area contributed by atoms with Crippen LogP contribution in [0.2, 0.25) is 0 Å². The molecule has 1 aromatic heterocycles. The molecule has 3 rings (SSSR count). The maximum atomic E-state index is 12.0. The molecule has 0 spiro atoms. The molecule has 0 saturated carbocycles. The SMILES string of the molecule is O=C(/C=C/c1ccccc1)Nc1nnc(SCC(=O)NCCOc2ccccc2)s1. The maximum Gasteiger partial charge on any atom is 0.250 e. The molecule has 0 aliphatic carbocycles. The molecule has 0 aliphatic rings. The molecular weight excluding hydrogens is 420 g/mol. The molecule has 154 valence electrons. The number of rotatable bonds is 10. The smallest absolute Gasteiger partial charge is 0.250 e. The third-order valence-electron chi connectivity index (χ3n) is 3.63. The normalized spacial score (nSPS) is 10.7. The zero-order valence-electron chi connectivity index (χ0n) is 16.0. The molecule has 1 heterocycles. The van der Waals surface area contributed by atoms with E-state index >= 15 is 0 Å². The lowest BCUT2D eigenvalue weighted by atomic mass is 10.2. The van der Waals surface area contributed by atoms with Crippen LogP contribution in [0.25, 0.3) is 6.08 Å². The lowest BCUT2D eigenvalue weighted by Crippen LogP contribution is -2.29. The number of ether oxygens (including phenoxy) is 1. The van der Waals surface area contributed by atoms with Gasteiger partial charge in [0.15, 0.2) is 4.34 Å². The Balaban J connectivity index is 1.34. The van der Waals surface area contributed by atoms with Crippen LogP contribution in [0.3, 0.4) is 0 Å². The predicted molar refractivity (Wildman–Crippen MR) is 120 cm³/mol. The molecule has 2 aromatic carbocycles. The fourth-order valence-corrected chi connectivity index (χ4v) is 3.84. The van der Waals surface area contributed by atoms with Crippen molar-refractivity contribution in [2.45, 2.75) is 4.34 Å². The molecular formula is C21H20N4O3S2. The van der Waals surface area contributed by atoms with Crippen LogP contribution in [-0.2, 0) is 9.59 Å². The van der Waals surface area contributed by atoms with Gasteiger partial charge in [0.2, 0.25) is 16.9 Å². The van der Waals surface area contributed by atoms with Gasteiger partial charge in [-0.3, -0.25) is 14.9 Å². The van der Waals surface area contributed by atoms with E-state index in [1.165, 1.54) is 29.2 Å². The highest BCUT2D eigenvalue weighted by molar-refractivity contribution is 8.01. The summed E-state index contributed by atoms with van der Waals surface area (Å²) in [5.41, 5.74) is 0.932. The summed E-state index contributed by atoms with van der Waals surface area (Å²) in [6, 6.07) is 18.9. The first-order valence-corrected chi connectivity index (χ1v) is 10.9. The molecule has 3 aromatic rings. The van der Waals surface area contributed by atoms with Crippen molar-refractivity contribution >= 4 is 46.1 Å². The topological polar surface area (TPSA) is 93.2 Å². The first-order valence-electron chi connectivity index (χ1n) is 9.14. The van der Waals surface area contributed by atoms with Gasteiger partial charge in [-0.1, -0.05) is 71.6 Å². The minimum atomic E-state index is -0.289. The lowest BCUT2D eigenvalue weighted by Gasteiger charge is -2.07. The van der Waals surface area contributed by atoms with Gasteiger partial charge in [-0.15, -0.1) is 10.2 Å². The maximum absolute atomic E-state index is 12.0. The van der Waals surface area contributed by atoms with Gasteiger partial charge in [0.05, 0.1) is 12.3 Å². The Morgan fingerprint density at radius 3 is 2.53 bits per heavy atom. The van der Waals surface area contributed by atoms with Crippen LogP contribution in [0.5, 0.6) is 5.75 Å². The number of nitrogens with zero attached hydrogens (tertiary/aromatic N) is 2. The summed E-state index contributed by atoms with van der Waals surface area (Å²) in [5, 5.41) is 13.8. The number of benzene rings is 2. The highest BCUT2D eigenvalue weighted by Crippen LogP contribution is 2.25. The molecule has 0 unspecified atom stereocenters. The Labute approximate surface area is 182 Å². The molecule has 0 saturated heterocycles. The fraction of sp³-hybridized carbons (Fsp3) is 0.143. The summed E-state index contributed by atoms with van der Waals surface area (Å²) in [6.07, 6.45) is 3.16. The number of hydrogen-bond donors (Lipinski definition) is 2. The van der Waals surface area contributed by atoms with E-state index in [4.69, 9.17) is 4.74 Å². The second-order valence-corrected chi connectivity index (χ2v) is 8.11. The minimum Gasteiger partial charge on any atom is -0.492 e.